The number of benzene rings is 1. The molecule has 41 heavy (non-hydrogen) atoms. The zero-order valence-electron chi connectivity index (χ0n) is 24.3. The molecule has 2 aromatic rings. The number of hydrogen-bond donors (Lipinski definition) is 0. The number of hydrogen-bond acceptors (Lipinski definition) is 8. The summed E-state index contributed by atoms with van der Waals surface area (Å²) in [6.45, 7) is 4.51. The van der Waals surface area contributed by atoms with Crippen LogP contribution in [0.25, 0.3) is 17.4 Å². The number of carbonyl (C=O) groups excluding carboxylic acids is 2. The number of rotatable bonds is 12. The van der Waals surface area contributed by atoms with E-state index < -0.39 is 0 Å². The summed E-state index contributed by atoms with van der Waals surface area (Å²) in [5, 5.41) is 0. The number of thiocarbonyl (C=S) groups is 1. The van der Waals surface area contributed by atoms with Crippen LogP contribution in [0.3, 0.4) is 0 Å². The molecule has 1 saturated heterocycles. The number of nitrogens with zero attached hydrogens (tertiary/aromatic N) is 1. The minimum absolute atomic E-state index is 0.0245. The number of furan rings is 1. The average molecular weight is 598 g/mol. The Morgan fingerprint density at radius 1 is 1.15 bits per heavy atom. The van der Waals surface area contributed by atoms with Gasteiger partial charge in [0.2, 0.25) is 0 Å². The highest BCUT2D eigenvalue weighted by Gasteiger charge is 2.48. The zero-order valence-corrected chi connectivity index (χ0v) is 25.9. The lowest BCUT2D eigenvalue weighted by molar-refractivity contribution is -0.144. The maximum atomic E-state index is 13.6. The third-order valence-electron chi connectivity index (χ3n) is 8.38. The van der Waals surface area contributed by atoms with Crippen LogP contribution < -0.4 is 9.47 Å². The Labute approximate surface area is 252 Å². The molecule has 1 aromatic heterocycles. The number of amides is 1. The van der Waals surface area contributed by atoms with Gasteiger partial charge in [0.15, 0.2) is 0 Å². The van der Waals surface area contributed by atoms with Crippen LogP contribution in [-0.4, -0.2) is 48.0 Å². The van der Waals surface area contributed by atoms with Gasteiger partial charge in [0, 0.05) is 30.2 Å². The molecule has 2 heterocycles. The molecule has 1 aliphatic heterocycles. The first-order valence-corrected chi connectivity index (χ1v) is 15.8. The van der Waals surface area contributed by atoms with Crippen molar-refractivity contribution < 1.29 is 28.2 Å². The van der Waals surface area contributed by atoms with E-state index in [0.29, 0.717) is 70.0 Å². The van der Waals surface area contributed by atoms with Gasteiger partial charge in [0.05, 0.1) is 25.7 Å². The largest absolute Gasteiger partial charge is 0.497 e. The van der Waals surface area contributed by atoms with Crippen molar-refractivity contribution in [3.05, 3.63) is 40.5 Å². The monoisotopic (exact) mass is 597 g/mol. The third-order valence-corrected chi connectivity index (χ3v) is 9.71. The normalized spacial score (nSPS) is 22.8. The summed E-state index contributed by atoms with van der Waals surface area (Å²) in [5.74, 6) is 4.10. The highest BCUT2D eigenvalue weighted by atomic mass is 32.2. The molecule has 3 aliphatic rings. The molecule has 5 rings (SSSR count). The average Bonchev–Trinajstić information content (AvgIpc) is 3.74. The molecule has 3 atom stereocenters. The van der Waals surface area contributed by atoms with E-state index in [4.69, 9.17) is 30.8 Å². The summed E-state index contributed by atoms with van der Waals surface area (Å²) in [6.07, 6.45) is 9.06. The topological polar surface area (TPSA) is 78.2 Å². The number of aryl methyl sites for hydroxylation is 1. The van der Waals surface area contributed by atoms with Crippen molar-refractivity contribution in [2.75, 3.05) is 20.8 Å². The molecule has 2 saturated carbocycles. The number of ether oxygens (including phenoxy) is 3. The summed E-state index contributed by atoms with van der Waals surface area (Å²) < 4.78 is 23.4. The van der Waals surface area contributed by atoms with E-state index >= 15 is 0 Å². The summed E-state index contributed by atoms with van der Waals surface area (Å²) in [4.78, 5) is 28.1. The summed E-state index contributed by atoms with van der Waals surface area (Å²) in [7, 11) is 3.22. The molecule has 7 nitrogen and oxygen atoms in total. The number of esters is 1. The van der Waals surface area contributed by atoms with Gasteiger partial charge in [-0.3, -0.25) is 14.5 Å². The lowest BCUT2D eigenvalue weighted by Gasteiger charge is -2.30. The predicted octanol–water partition coefficient (Wildman–Crippen LogP) is 7.27. The van der Waals surface area contributed by atoms with Crippen molar-refractivity contribution >= 4 is 46.3 Å². The molecule has 3 fully saturated rings. The maximum absolute atomic E-state index is 13.6. The first kappa shape index (κ1) is 29.7. The quantitative estimate of drug-likeness (QED) is 0.109. The molecule has 9 heteroatoms. The predicted molar refractivity (Wildman–Crippen MR) is 165 cm³/mol. The Bertz CT molecular complexity index is 1310. The lowest BCUT2D eigenvalue weighted by atomic mass is 9.94. The van der Waals surface area contributed by atoms with E-state index in [0.717, 1.165) is 29.9 Å². The number of carbonyl (C=O) groups is 2. The number of methoxy groups -OCH3 is 2. The fourth-order valence-electron chi connectivity index (χ4n) is 6.19. The molecule has 1 amide bonds. The van der Waals surface area contributed by atoms with Gasteiger partial charge in [-0.1, -0.05) is 44.2 Å². The Balaban J connectivity index is 1.37. The summed E-state index contributed by atoms with van der Waals surface area (Å²) >= 11 is 7.06. The molecule has 0 spiro atoms. The minimum Gasteiger partial charge on any atom is -0.497 e. The van der Waals surface area contributed by atoms with Gasteiger partial charge in [0.25, 0.3) is 5.91 Å². The first-order chi connectivity index (χ1) is 19.7. The standard InChI is InChI=1S/C32H39NO6S2/c1-19(2)7-10-30(34)38-11-5-6-22-16-27(23-14-24(36-3)17-25(15-23)37-4)39-28(22)18-29-31(35)33(32(40)41-29)26-13-20-8-9-21(26)12-20/h14-21,26H,5-13H2,1-4H3/b29-18-. The van der Waals surface area contributed by atoms with Crippen LogP contribution in [0.1, 0.15) is 70.1 Å². The van der Waals surface area contributed by atoms with E-state index in [1.54, 1.807) is 14.2 Å². The molecule has 220 valence electrons. The van der Waals surface area contributed by atoms with E-state index in [9.17, 15) is 9.59 Å². The van der Waals surface area contributed by atoms with E-state index in [1.165, 1.54) is 31.0 Å². The van der Waals surface area contributed by atoms with Crippen molar-refractivity contribution in [3.8, 4) is 22.8 Å². The fourth-order valence-corrected chi connectivity index (χ4v) is 7.54. The minimum atomic E-state index is -0.167. The fraction of sp³-hybridized carbons (Fsp3) is 0.531. The molecule has 1 aromatic carbocycles. The van der Waals surface area contributed by atoms with Crippen LogP contribution in [0.5, 0.6) is 11.5 Å². The summed E-state index contributed by atoms with van der Waals surface area (Å²) in [5.41, 5.74) is 1.74. The van der Waals surface area contributed by atoms with E-state index in [1.807, 2.05) is 35.2 Å². The highest BCUT2D eigenvalue weighted by Crippen LogP contribution is 2.49. The van der Waals surface area contributed by atoms with Crippen LogP contribution in [0.2, 0.25) is 0 Å². The van der Waals surface area contributed by atoms with Crippen LogP contribution in [-0.2, 0) is 20.7 Å². The zero-order chi connectivity index (χ0) is 29.1. The Morgan fingerprint density at radius 2 is 1.90 bits per heavy atom. The second-order valence-electron chi connectivity index (χ2n) is 11.7. The molecular formula is C32H39NO6S2. The van der Waals surface area contributed by atoms with Crippen LogP contribution >= 0.6 is 24.0 Å². The molecule has 2 aliphatic carbocycles. The van der Waals surface area contributed by atoms with Crippen molar-refractivity contribution in [3.63, 3.8) is 0 Å². The van der Waals surface area contributed by atoms with Crippen LogP contribution in [0.4, 0.5) is 0 Å². The first-order valence-electron chi connectivity index (χ1n) is 14.5. The highest BCUT2D eigenvalue weighted by molar-refractivity contribution is 8.26. The van der Waals surface area contributed by atoms with Gasteiger partial charge >= 0.3 is 5.97 Å². The Morgan fingerprint density at radius 3 is 2.54 bits per heavy atom. The van der Waals surface area contributed by atoms with Crippen molar-refractivity contribution in [2.24, 2.45) is 17.8 Å². The molecule has 3 unspecified atom stereocenters. The van der Waals surface area contributed by atoms with Gasteiger partial charge in [0.1, 0.15) is 27.3 Å². The van der Waals surface area contributed by atoms with Gasteiger partial charge in [-0.15, -0.1) is 0 Å². The molecule has 2 bridgehead atoms. The molecular weight excluding hydrogens is 558 g/mol. The SMILES string of the molecule is COc1cc(OC)cc(-c2cc(CCCOC(=O)CCC(C)C)c(/C=C3\SC(=S)N(C4CC5CCC4C5)C3=O)o2)c1. The van der Waals surface area contributed by atoms with Crippen LogP contribution in [0.15, 0.2) is 33.6 Å². The summed E-state index contributed by atoms with van der Waals surface area (Å²) in [6, 6.07) is 7.79. The van der Waals surface area contributed by atoms with Gasteiger partial charge in [-0.2, -0.15) is 0 Å². The van der Waals surface area contributed by atoms with Gasteiger partial charge < -0.3 is 18.6 Å². The Hall–Kier alpha value is -2.78. The van der Waals surface area contributed by atoms with Crippen molar-refractivity contribution in [1.29, 1.82) is 0 Å². The van der Waals surface area contributed by atoms with E-state index in [-0.39, 0.29) is 17.9 Å². The molecule has 0 radical (unpaired) electrons. The van der Waals surface area contributed by atoms with Gasteiger partial charge in [-0.25, -0.2) is 0 Å². The van der Waals surface area contributed by atoms with Crippen LogP contribution in [0, 0.1) is 17.8 Å². The molecule has 0 N–H and O–H groups in total. The second kappa shape index (κ2) is 13.0. The third kappa shape index (κ3) is 6.83. The smallest absolute Gasteiger partial charge is 0.305 e. The maximum Gasteiger partial charge on any atom is 0.305 e. The van der Waals surface area contributed by atoms with Gasteiger partial charge in [-0.05, 0) is 80.0 Å². The Kier molecular flexibility index (Phi) is 9.44. The van der Waals surface area contributed by atoms with E-state index in [2.05, 4.69) is 13.8 Å². The van der Waals surface area contributed by atoms with Crippen molar-refractivity contribution in [1.82, 2.24) is 4.90 Å². The number of thioether (sulfide) groups is 1. The van der Waals surface area contributed by atoms with Crippen molar-refractivity contribution in [2.45, 2.75) is 71.3 Å². The number of fused-ring (bicyclic) bond motifs is 2. The second-order valence-corrected chi connectivity index (χ2v) is 13.3. The lowest BCUT2D eigenvalue weighted by Crippen LogP contribution is -2.41.